The first-order valence-corrected chi connectivity index (χ1v) is 10.6. The number of rotatable bonds is 6. The van der Waals surface area contributed by atoms with E-state index in [-0.39, 0.29) is 29.9 Å². The van der Waals surface area contributed by atoms with Crippen molar-refractivity contribution in [2.75, 3.05) is 39.3 Å². The minimum atomic E-state index is -0.0311. The lowest BCUT2D eigenvalue weighted by atomic mass is 9.97. The summed E-state index contributed by atoms with van der Waals surface area (Å²) in [6.45, 7) is 6.72. The van der Waals surface area contributed by atoms with E-state index in [9.17, 15) is 4.79 Å². The van der Waals surface area contributed by atoms with Gasteiger partial charge in [-0.05, 0) is 49.3 Å². The van der Waals surface area contributed by atoms with Crippen molar-refractivity contribution < 1.29 is 9.21 Å². The highest BCUT2D eigenvalue weighted by atomic mass is 127. The predicted octanol–water partition coefficient (Wildman–Crippen LogP) is 3.64. The van der Waals surface area contributed by atoms with E-state index < -0.39 is 0 Å². The lowest BCUT2D eigenvalue weighted by Gasteiger charge is -2.36. The number of carbonyl (C=O) groups excluding carboxylic acids is 1. The number of carbonyl (C=O) groups is 1. The van der Waals surface area contributed by atoms with Crippen molar-refractivity contribution in [2.24, 2.45) is 10.4 Å². The Morgan fingerprint density at radius 1 is 1.07 bits per heavy atom. The van der Waals surface area contributed by atoms with Crippen LogP contribution in [0.4, 0.5) is 0 Å². The topological polar surface area (TPSA) is 61.1 Å². The molecule has 1 saturated carbocycles. The van der Waals surface area contributed by atoms with Crippen LogP contribution >= 0.6 is 24.0 Å². The van der Waals surface area contributed by atoms with Crippen molar-refractivity contribution >= 4 is 35.8 Å². The number of furan rings is 1. The average Bonchev–Trinajstić information content (AvgIpc) is 3.29. The van der Waals surface area contributed by atoms with Gasteiger partial charge in [-0.15, -0.1) is 24.0 Å². The molecule has 2 fully saturated rings. The number of amides is 1. The quantitative estimate of drug-likeness (QED) is 0.358. The Morgan fingerprint density at radius 3 is 2.37 bits per heavy atom. The summed E-state index contributed by atoms with van der Waals surface area (Å²) in [5.41, 5.74) is 1.72. The van der Waals surface area contributed by atoms with Gasteiger partial charge < -0.3 is 19.5 Å². The number of hydrogen-bond donors (Lipinski definition) is 1. The predicted molar refractivity (Wildman–Crippen MR) is 129 cm³/mol. The molecule has 6 nitrogen and oxygen atoms in total. The molecule has 1 aromatic heterocycles. The summed E-state index contributed by atoms with van der Waals surface area (Å²) in [5.74, 6) is 1.35. The standard InChI is InChI=1S/C23H30N4O2.HI/c1-2-24-22(25-18-23(10-11-23)17-19-7-4-3-5-8-19)27-14-12-26(13-15-27)21(28)20-9-6-16-29-20;/h3-9,16H,2,10-15,17-18H2,1H3,(H,24,25);1H. The molecule has 4 rings (SSSR count). The van der Waals surface area contributed by atoms with Gasteiger partial charge in [0.1, 0.15) is 0 Å². The van der Waals surface area contributed by atoms with E-state index in [2.05, 4.69) is 47.5 Å². The maximum atomic E-state index is 12.5. The molecule has 1 amide bonds. The average molecular weight is 522 g/mol. The number of nitrogens with zero attached hydrogens (tertiary/aromatic N) is 3. The highest BCUT2D eigenvalue weighted by molar-refractivity contribution is 14.0. The highest BCUT2D eigenvalue weighted by Crippen LogP contribution is 2.48. The van der Waals surface area contributed by atoms with Crippen LogP contribution in [0.3, 0.4) is 0 Å². The van der Waals surface area contributed by atoms with Gasteiger partial charge in [0, 0.05) is 39.3 Å². The zero-order chi connectivity index (χ0) is 20.1. The molecule has 0 spiro atoms. The normalized spacial score (nSPS) is 18.0. The molecule has 0 atom stereocenters. The van der Waals surface area contributed by atoms with Gasteiger partial charge in [-0.2, -0.15) is 0 Å². The fraction of sp³-hybridized carbons (Fsp3) is 0.478. The third-order valence-corrected chi connectivity index (χ3v) is 5.88. The van der Waals surface area contributed by atoms with Crippen molar-refractivity contribution in [1.82, 2.24) is 15.1 Å². The number of nitrogens with one attached hydrogen (secondary N) is 1. The monoisotopic (exact) mass is 522 g/mol. The molecule has 1 saturated heterocycles. The summed E-state index contributed by atoms with van der Waals surface area (Å²) in [6.07, 6.45) is 5.14. The third-order valence-electron chi connectivity index (χ3n) is 5.88. The molecule has 2 aliphatic rings. The summed E-state index contributed by atoms with van der Waals surface area (Å²) in [6, 6.07) is 14.2. The third kappa shape index (κ3) is 5.56. The summed E-state index contributed by atoms with van der Waals surface area (Å²) >= 11 is 0. The molecule has 1 aliphatic heterocycles. The van der Waals surface area contributed by atoms with Crippen LogP contribution in [0.1, 0.15) is 35.9 Å². The summed E-state index contributed by atoms with van der Waals surface area (Å²) in [7, 11) is 0. The Hall–Kier alpha value is -2.03. The Balaban J connectivity index is 0.00000256. The SMILES string of the molecule is CCNC(=NCC1(Cc2ccccc2)CC1)N1CCN(C(=O)c2ccco2)CC1.I. The zero-order valence-corrected chi connectivity index (χ0v) is 19.9. The second-order valence-electron chi connectivity index (χ2n) is 8.09. The van der Waals surface area contributed by atoms with Crippen LogP contribution in [-0.4, -0.2) is 60.9 Å². The number of halogens is 1. The molecule has 162 valence electrons. The molecule has 1 N–H and O–H groups in total. The number of guanidine groups is 1. The summed E-state index contributed by atoms with van der Waals surface area (Å²) in [5, 5.41) is 3.44. The second-order valence-corrected chi connectivity index (χ2v) is 8.09. The minimum Gasteiger partial charge on any atom is -0.459 e. The van der Waals surface area contributed by atoms with Gasteiger partial charge in [0.05, 0.1) is 6.26 Å². The van der Waals surface area contributed by atoms with Crippen LogP contribution in [0.2, 0.25) is 0 Å². The zero-order valence-electron chi connectivity index (χ0n) is 17.5. The molecular weight excluding hydrogens is 491 g/mol. The van der Waals surface area contributed by atoms with E-state index in [1.807, 2.05) is 4.90 Å². The Kier molecular flexibility index (Phi) is 7.80. The van der Waals surface area contributed by atoms with E-state index in [1.165, 1.54) is 18.4 Å². The van der Waals surface area contributed by atoms with Gasteiger partial charge in [-0.1, -0.05) is 30.3 Å². The van der Waals surface area contributed by atoms with Gasteiger partial charge in [-0.3, -0.25) is 9.79 Å². The van der Waals surface area contributed by atoms with Crippen LogP contribution in [0.25, 0.3) is 0 Å². The van der Waals surface area contributed by atoms with E-state index in [0.717, 1.165) is 38.6 Å². The number of hydrogen-bond acceptors (Lipinski definition) is 3. The number of benzene rings is 1. The van der Waals surface area contributed by atoms with Crippen LogP contribution in [0, 0.1) is 5.41 Å². The van der Waals surface area contributed by atoms with E-state index in [4.69, 9.17) is 9.41 Å². The molecule has 0 radical (unpaired) electrons. The van der Waals surface area contributed by atoms with E-state index in [1.54, 1.807) is 18.4 Å². The molecule has 2 heterocycles. The van der Waals surface area contributed by atoms with Crippen molar-refractivity contribution in [2.45, 2.75) is 26.2 Å². The fourth-order valence-electron chi connectivity index (χ4n) is 3.94. The number of piperazine rings is 1. The van der Waals surface area contributed by atoms with Crippen LogP contribution in [-0.2, 0) is 6.42 Å². The summed E-state index contributed by atoms with van der Waals surface area (Å²) in [4.78, 5) is 21.6. The second kappa shape index (κ2) is 10.3. The first-order valence-electron chi connectivity index (χ1n) is 10.6. The fourth-order valence-corrected chi connectivity index (χ4v) is 3.94. The van der Waals surface area contributed by atoms with Gasteiger partial charge in [0.15, 0.2) is 11.7 Å². The summed E-state index contributed by atoms with van der Waals surface area (Å²) < 4.78 is 5.25. The maximum absolute atomic E-state index is 12.5. The van der Waals surface area contributed by atoms with Gasteiger partial charge in [-0.25, -0.2) is 0 Å². The lowest BCUT2D eigenvalue weighted by molar-refractivity contribution is 0.0657. The van der Waals surface area contributed by atoms with Gasteiger partial charge >= 0.3 is 0 Å². The molecular formula is C23H31IN4O2. The molecule has 1 aliphatic carbocycles. The first kappa shape index (κ1) is 22.7. The van der Waals surface area contributed by atoms with Crippen LogP contribution in [0.15, 0.2) is 58.1 Å². The molecule has 2 aromatic rings. The lowest BCUT2D eigenvalue weighted by Crippen LogP contribution is -2.53. The van der Waals surface area contributed by atoms with E-state index >= 15 is 0 Å². The van der Waals surface area contributed by atoms with Crippen molar-refractivity contribution in [3.05, 3.63) is 60.1 Å². The van der Waals surface area contributed by atoms with Crippen molar-refractivity contribution in [1.29, 1.82) is 0 Å². The molecule has 0 bridgehead atoms. The molecule has 30 heavy (non-hydrogen) atoms. The largest absolute Gasteiger partial charge is 0.459 e. The van der Waals surface area contributed by atoms with Crippen molar-refractivity contribution in [3.8, 4) is 0 Å². The maximum Gasteiger partial charge on any atom is 0.289 e. The Labute approximate surface area is 195 Å². The Morgan fingerprint density at radius 2 is 1.77 bits per heavy atom. The highest BCUT2D eigenvalue weighted by Gasteiger charge is 2.42. The van der Waals surface area contributed by atoms with Crippen LogP contribution in [0.5, 0.6) is 0 Å². The Bertz CT molecular complexity index is 826. The van der Waals surface area contributed by atoms with Crippen molar-refractivity contribution in [3.63, 3.8) is 0 Å². The molecule has 7 heteroatoms. The number of aliphatic imine (C=N–C) groups is 1. The van der Waals surface area contributed by atoms with Crippen LogP contribution < -0.4 is 5.32 Å². The van der Waals surface area contributed by atoms with Gasteiger partial charge in [0.2, 0.25) is 0 Å². The van der Waals surface area contributed by atoms with E-state index in [0.29, 0.717) is 24.3 Å². The first-order chi connectivity index (χ1) is 14.2. The molecule has 0 unspecified atom stereocenters. The smallest absolute Gasteiger partial charge is 0.289 e. The van der Waals surface area contributed by atoms with Gasteiger partial charge in [0.25, 0.3) is 5.91 Å². The minimum absolute atomic E-state index is 0. The molecule has 1 aromatic carbocycles.